The van der Waals surface area contributed by atoms with Gasteiger partial charge in [-0.25, -0.2) is 4.98 Å². The van der Waals surface area contributed by atoms with Gasteiger partial charge in [-0.05, 0) is 31.5 Å². The highest BCUT2D eigenvalue weighted by Crippen LogP contribution is 2.14. The monoisotopic (exact) mass is 228 g/mol. The molecule has 0 bridgehead atoms. The molecule has 0 saturated heterocycles. The van der Waals surface area contributed by atoms with Crippen molar-refractivity contribution in [1.29, 1.82) is 5.26 Å². The fourth-order valence-corrected chi connectivity index (χ4v) is 1.65. The fourth-order valence-electron chi connectivity index (χ4n) is 1.65. The average Bonchev–Trinajstić information content (AvgIpc) is 2.68. The van der Waals surface area contributed by atoms with E-state index in [0.717, 1.165) is 16.6 Å². The SMILES string of the molecule is Cn1cnc2cc(CNC(C)(C)C#N)ccc21. The number of hydrogen-bond donors (Lipinski definition) is 1. The van der Waals surface area contributed by atoms with Crippen LogP contribution < -0.4 is 5.32 Å². The van der Waals surface area contributed by atoms with E-state index in [2.05, 4.69) is 34.6 Å². The Balaban J connectivity index is 2.18. The van der Waals surface area contributed by atoms with Crippen LogP contribution in [0.4, 0.5) is 0 Å². The number of benzene rings is 1. The molecule has 0 aliphatic heterocycles. The largest absolute Gasteiger partial charge is 0.334 e. The summed E-state index contributed by atoms with van der Waals surface area (Å²) >= 11 is 0. The number of hydrogen-bond acceptors (Lipinski definition) is 3. The molecule has 0 fully saturated rings. The van der Waals surface area contributed by atoms with Gasteiger partial charge in [-0.3, -0.25) is 5.32 Å². The molecular weight excluding hydrogens is 212 g/mol. The molecule has 1 aromatic carbocycles. The lowest BCUT2D eigenvalue weighted by Gasteiger charge is -2.17. The van der Waals surface area contributed by atoms with Crippen LogP contribution in [0.2, 0.25) is 0 Å². The quantitative estimate of drug-likeness (QED) is 0.873. The van der Waals surface area contributed by atoms with E-state index in [1.807, 2.05) is 25.5 Å². The van der Waals surface area contributed by atoms with Crippen molar-refractivity contribution < 1.29 is 0 Å². The number of aryl methyl sites for hydroxylation is 1. The molecule has 0 unspecified atom stereocenters. The number of nitriles is 1. The van der Waals surface area contributed by atoms with E-state index in [1.54, 1.807) is 6.33 Å². The highest BCUT2D eigenvalue weighted by atomic mass is 15.0. The molecule has 4 heteroatoms. The smallest absolute Gasteiger partial charge is 0.101 e. The zero-order valence-electron chi connectivity index (χ0n) is 10.4. The van der Waals surface area contributed by atoms with Gasteiger partial charge in [0.05, 0.1) is 23.4 Å². The first-order valence-electron chi connectivity index (χ1n) is 5.58. The molecule has 4 nitrogen and oxygen atoms in total. The maximum atomic E-state index is 8.92. The van der Waals surface area contributed by atoms with Crippen LogP contribution in [0.1, 0.15) is 19.4 Å². The third-order valence-corrected chi connectivity index (χ3v) is 2.80. The Bertz CT molecular complexity index is 575. The zero-order chi connectivity index (χ0) is 12.5. The van der Waals surface area contributed by atoms with Crippen molar-refractivity contribution in [2.24, 2.45) is 7.05 Å². The molecule has 88 valence electrons. The van der Waals surface area contributed by atoms with Crippen LogP contribution in [-0.4, -0.2) is 15.1 Å². The Hall–Kier alpha value is -1.86. The zero-order valence-corrected chi connectivity index (χ0v) is 10.4. The summed E-state index contributed by atoms with van der Waals surface area (Å²) < 4.78 is 1.99. The minimum absolute atomic E-state index is 0.501. The van der Waals surface area contributed by atoms with Crippen molar-refractivity contribution in [2.45, 2.75) is 25.9 Å². The first kappa shape index (κ1) is 11.6. The summed E-state index contributed by atoms with van der Waals surface area (Å²) in [7, 11) is 1.98. The number of aromatic nitrogens is 2. The summed E-state index contributed by atoms with van der Waals surface area (Å²) in [4.78, 5) is 4.31. The van der Waals surface area contributed by atoms with Gasteiger partial charge in [0.15, 0.2) is 0 Å². The molecule has 0 saturated carbocycles. The number of imidazole rings is 1. The first-order valence-corrected chi connectivity index (χ1v) is 5.58. The highest BCUT2D eigenvalue weighted by molar-refractivity contribution is 5.75. The van der Waals surface area contributed by atoms with Crippen LogP contribution in [-0.2, 0) is 13.6 Å². The Morgan fingerprint density at radius 3 is 2.94 bits per heavy atom. The van der Waals surface area contributed by atoms with Crippen LogP contribution in [0, 0.1) is 11.3 Å². The maximum absolute atomic E-state index is 8.92. The van der Waals surface area contributed by atoms with Crippen molar-refractivity contribution in [2.75, 3.05) is 0 Å². The van der Waals surface area contributed by atoms with E-state index >= 15 is 0 Å². The minimum atomic E-state index is -0.501. The van der Waals surface area contributed by atoms with Gasteiger partial charge in [0.1, 0.15) is 5.54 Å². The summed E-state index contributed by atoms with van der Waals surface area (Å²) in [5.74, 6) is 0. The molecule has 2 rings (SSSR count). The molecule has 1 N–H and O–H groups in total. The molecule has 0 aliphatic rings. The second kappa shape index (κ2) is 4.19. The molecule has 0 aliphatic carbocycles. The van der Waals surface area contributed by atoms with Crippen LogP contribution in [0.25, 0.3) is 11.0 Å². The Morgan fingerprint density at radius 1 is 1.47 bits per heavy atom. The topological polar surface area (TPSA) is 53.6 Å². The van der Waals surface area contributed by atoms with Crippen LogP contribution in [0.3, 0.4) is 0 Å². The number of fused-ring (bicyclic) bond motifs is 1. The van der Waals surface area contributed by atoms with Crippen LogP contribution >= 0.6 is 0 Å². The Labute approximate surface area is 101 Å². The lowest BCUT2D eigenvalue weighted by Crippen LogP contribution is -2.36. The summed E-state index contributed by atoms with van der Waals surface area (Å²) in [6.07, 6.45) is 1.81. The molecule has 1 heterocycles. The summed E-state index contributed by atoms with van der Waals surface area (Å²) in [5, 5.41) is 12.1. The van der Waals surface area contributed by atoms with Crippen molar-refractivity contribution in [3.05, 3.63) is 30.1 Å². The van der Waals surface area contributed by atoms with Gasteiger partial charge in [-0.2, -0.15) is 5.26 Å². The summed E-state index contributed by atoms with van der Waals surface area (Å²) in [6, 6.07) is 8.39. The van der Waals surface area contributed by atoms with Gasteiger partial charge < -0.3 is 4.57 Å². The lowest BCUT2D eigenvalue weighted by atomic mass is 10.1. The minimum Gasteiger partial charge on any atom is -0.334 e. The van der Waals surface area contributed by atoms with Crippen molar-refractivity contribution in [1.82, 2.24) is 14.9 Å². The van der Waals surface area contributed by atoms with Gasteiger partial charge in [0.2, 0.25) is 0 Å². The molecule has 0 atom stereocenters. The van der Waals surface area contributed by atoms with Crippen LogP contribution in [0.15, 0.2) is 24.5 Å². The maximum Gasteiger partial charge on any atom is 0.101 e. The Morgan fingerprint density at radius 2 is 2.24 bits per heavy atom. The third-order valence-electron chi connectivity index (χ3n) is 2.80. The summed E-state index contributed by atoms with van der Waals surface area (Å²) in [6.45, 7) is 4.41. The van der Waals surface area contributed by atoms with E-state index in [0.29, 0.717) is 6.54 Å². The molecule has 0 spiro atoms. The lowest BCUT2D eigenvalue weighted by molar-refractivity contribution is 0.485. The van der Waals surface area contributed by atoms with E-state index in [-0.39, 0.29) is 0 Å². The first-order chi connectivity index (χ1) is 8.02. The molecule has 2 aromatic rings. The molecule has 1 aromatic heterocycles. The van der Waals surface area contributed by atoms with Crippen molar-refractivity contribution in [3.8, 4) is 6.07 Å². The van der Waals surface area contributed by atoms with E-state index in [9.17, 15) is 0 Å². The predicted octanol–water partition coefficient (Wildman–Crippen LogP) is 1.97. The van der Waals surface area contributed by atoms with E-state index in [4.69, 9.17) is 5.26 Å². The van der Waals surface area contributed by atoms with Gasteiger partial charge in [0.25, 0.3) is 0 Å². The fraction of sp³-hybridized carbons (Fsp3) is 0.385. The second-order valence-electron chi connectivity index (χ2n) is 4.77. The molecule has 0 amide bonds. The number of rotatable bonds is 3. The molecule has 0 radical (unpaired) electrons. The Kier molecular flexibility index (Phi) is 2.86. The predicted molar refractivity (Wildman–Crippen MR) is 67.2 cm³/mol. The van der Waals surface area contributed by atoms with Gasteiger partial charge in [-0.1, -0.05) is 6.07 Å². The third kappa shape index (κ3) is 2.45. The van der Waals surface area contributed by atoms with E-state index in [1.165, 1.54) is 0 Å². The van der Waals surface area contributed by atoms with Crippen molar-refractivity contribution in [3.63, 3.8) is 0 Å². The van der Waals surface area contributed by atoms with Crippen LogP contribution in [0.5, 0.6) is 0 Å². The average molecular weight is 228 g/mol. The van der Waals surface area contributed by atoms with Gasteiger partial charge in [-0.15, -0.1) is 0 Å². The van der Waals surface area contributed by atoms with Crippen molar-refractivity contribution >= 4 is 11.0 Å². The number of nitrogens with zero attached hydrogens (tertiary/aromatic N) is 3. The van der Waals surface area contributed by atoms with Gasteiger partial charge >= 0.3 is 0 Å². The normalized spacial score (nSPS) is 11.6. The second-order valence-corrected chi connectivity index (χ2v) is 4.77. The highest BCUT2D eigenvalue weighted by Gasteiger charge is 2.14. The standard InChI is InChI=1S/C13H16N4/c1-13(2,8-14)16-7-10-4-5-12-11(6-10)15-9-17(12)3/h4-6,9,16H,7H2,1-3H3. The molecular formula is C13H16N4. The molecule has 17 heavy (non-hydrogen) atoms. The van der Waals surface area contributed by atoms with E-state index < -0.39 is 5.54 Å². The summed E-state index contributed by atoms with van der Waals surface area (Å²) in [5.41, 5.74) is 2.74. The number of nitrogens with one attached hydrogen (secondary N) is 1. The van der Waals surface area contributed by atoms with Gasteiger partial charge in [0, 0.05) is 13.6 Å².